The van der Waals surface area contributed by atoms with Crippen molar-refractivity contribution in [2.45, 2.75) is 11.3 Å². The van der Waals surface area contributed by atoms with Crippen molar-refractivity contribution in [1.29, 1.82) is 0 Å². The molecule has 1 nitrogen and oxygen atoms in total. The largest absolute Gasteiger partial charge is 0.254 e. The normalized spacial score (nSPS) is 12.6. The highest BCUT2D eigenvalue weighted by Gasteiger charge is 2.09. The Hall–Kier alpha value is -1.00. The fourth-order valence-corrected chi connectivity index (χ4v) is 3.24. The maximum Gasteiger partial charge on any atom is 0.139 e. The molecule has 0 spiro atoms. The van der Waals surface area contributed by atoms with Crippen LogP contribution in [0.5, 0.6) is 0 Å². The van der Waals surface area contributed by atoms with Crippen LogP contribution in [-0.2, 0) is 17.2 Å². The Morgan fingerprint density at radius 2 is 2.06 bits per heavy atom. The molecule has 0 N–H and O–H groups in total. The van der Waals surface area contributed by atoms with E-state index >= 15 is 0 Å². The third-order valence-corrected chi connectivity index (χ3v) is 4.37. The summed E-state index contributed by atoms with van der Waals surface area (Å²) in [5.41, 5.74) is 1.16. The Balaban J connectivity index is 2.01. The molecule has 2 rings (SSSR count). The minimum Gasteiger partial charge on any atom is -0.254 e. The maximum absolute atomic E-state index is 13.3. The summed E-state index contributed by atoms with van der Waals surface area (Å²) in [6.07, 6.45) is 0.727. The van der Waals surface area contributed by atoms with Crippen molar-refractivity contribution in [3.63, 3.8) is 0 Å². The second-order valence-electron chi connectivity index (χ2n) is 3.36. The van der Waals surface area contributed by atoms with Gasteiger partial charge in [-0.2, -0.15) is 11.3 Å². The highest BCUT2D eigenvalue weighted by atomic mass is 32.2. The van der Waals surface area contributed by atoms with Gasteiger partial charge in [0, 0.05) is 5.75 Å². The zero-order chi connectivity index (χ0) is 11.4. The van der Waals surface area contributed by atoms with Gasteiger partial charge in [-0.15, -0.1) is 0 Å². The number of aryl methyl sites for hydroxylation is 1. The molecular formula is C12H11FOS2. The van der Waals surface area contributed by atoms with E-state index in [1.165, 1.54) is 6.07 Å². The fraction of sp³-hybridized carbons (Fsp3) is 0.167. The van der Waals surface area contributed by atoms with Crippen LogP contribution >= 0.6 is 11.3 Å². The zero-order valence-electron chi connectivity index (χ0n) is 8.56. The van der Waals surface area contributed by atoms with E-state index in [0.717, 1.165) is 12.0 Å². The molecule has 1 unspecified atom stereocenters. The summed E-state index contributed by atoms with van der Waals surface area (Å²) < 4.78 is 25.2. The van der Waals surface area contributed by atoms with Gasteiger partial charge in [0.1, 0.15) is 5.82 Å². The van der Waals surface area contributed by atoms with Crippen LogP contribution in [0.15, 0.2) is 46.0 Å². The lowest BCUT2D eigenvalue weighted by atomic mass is 10.3. The van der Waals surface area contributed by atoms with Crippen molar-refractivity contribution in [3.05, 3.63) is 52.5 Å². The first kappa shape index (κ1) is 11.5. The Morgan fingerprint density at radius 3 is 2.75 bits per heavy atom. The Morgan fingerprint density at radius 1 is 1.25 bits per heavy atom. The molecule has 0 aliphatic rings. The Labute approximate surface area is 100 Å². The van der Waals surface area contributed by atoms with Crippen LogP contribution in [-0.4, -0.2) is 9.96 Å². The average Bonchev–Trinajstić information content (AvgIpc) is 2.79. The molecule has 2 aromatic rings. The zero-order valence-corrected chi connectivity index (χ0v) is 10.2. The lowest BCUT2D eigenvalue weighted by Gasteiger charge is -2.02. The molecule has 1 atom stereocenters. The van der Waals surface area contributed by atoms with E-state index in [0.29, 0.717) is 10.6 Å². The van der Waals surface area contributed by atoms with Crippen LogP contribution in [0, 0.1) is 5.82 Å². The predicted molar refractivity (Wildman–Crippen MR) is 65.7 cm³/mol. The van der Waals surface area contributed by atoms with Crippen molar-refractivity contribution < 1.29 is 8.60 Å². The number of benzene rings is 1. The third kappa shape index (κ3) is 2.77. The molecule has 0 bridgehead atoms. The first-order chi connectivity index (χ1) is 7.77. The second-order valence-corrected chi connectivity index (χ2v) is 5.68. The molecule has 84 valence electrons. The number of thiophene rings is 1. The monoisotopic (exact) mass is 254 g/mol. The molecule has 1 aromatic carbocycles. The summed E-state index contributed by atoms with van der Waals surface area (Å²) in [5, 5.41) is 4.01. The summed E-state index contributed by atoms with van der Waals surface area (Å²) in [5.74, 6) is 0.0867. The van der Waals surface area contributed by atoms with Gasteiger partial charge in [-0.1, -0.05) is 12.1 Å². The van der Waals surface area contributed by atoms with Crippen LogP contribution in [0.1, 0.15) is 5.56 Å². The number of hydrogen-bond acceptors (Lipinski definition) is 2. The van der Waals surface area contributed by atoms with Gasteiger partial charge in [0.25, 0.3) is 0 Å². The van der Waals surface area contributed by atoms with Gasteiger partial charge in [-0.25, -0.2) is 4.39 Å². The molecule has 0 radical (unpaired) electrons. The van der Waals surface area contributed by atoms with Crippen molar-refractivity contribution in [1.82, 2.24) is 0 Å². The van der Waals surface area contributed by atoms with Gasteiger partial charge >= 0.3 is 0 Å². The van der Waals surface area contributed by atoms with Crippen LogP contribution in [0.4, 0.5) is 4.39 Å². The number of halogens is 1. The van der Waals surface area contributed by atoms with Crippen LogP contribution in [0.25, 0.3) is 0 Å². The van der Waals surface area contributed by atoms with E-state index in [9.17, 15) is 8.60 Å². The van der Waals surface area contributed by atoms with Crippen LogP contribution in [0.2, 0.25) is 0 Å². The molecule has 1 heterocycles. The van der Waals surface area contributed by atoms with E-state index in [-0.39, 0.29) is 5.82 Å². The van der Waals surface area contributed by atoms with Crippen LogP contribution < -0.4 is 0 Å². The highest BCUT2D eigenvalue weighted by molar-refractivity contribution is 7.85. The first-order valence-electron chi connectivity index (χ1n) is 4.91. The standard InChI is InChI=1S/C12H11FOS2/c13-11-3-1-2-4-12(11)16(14)8-6-10-5-7-15-9-10/h1-5,7,9H,6,8H2. The maximum atomic E-state index is 13.3. The number of rotatable bonds is 4. The van der Waals surface area contributed by atoms with Gasteiger partial charge < -0.3 is 0 Å². The van der Waals surface area contributed by atoms with E-state index in [4.69, 9.17) is 0 Å². The van der Waals surface area contributed by atoms with Gasteiger partial charge in [-0.3, -0.25) is 4.21 Å². The minimum absolute atomic E-state index is 0.303. The van der Waals surface area contributed by atoms with Crippen molar-refractivity contribution in [2.24, 2.45) is 0 Å². The molecule has 0 aliphatic carbocycles. The minimum atomic E-state index is -1.25. The molecule has 0 saturated heterocycles. The van der Waals surface area contributed by atoms with E-state index in [1.807, 2.05) is 16.8 Å². The third-order valence-electron chi connectivity index (χ3n) is 2.24. The lowest BCUT2D eigenvalue weighted by Crippen LogP contribution is -2.03. The smallest absolute Gasteiger partial charge is 0.139 e. The van der Waals surface area contributed by atoms with Crippen molar-refractivity contribution in [3.8, 4) is 0 Å². The van der Waals surface area contributed by atoms with E-state index in [2.05, 4.69) is 0 Å². The Kier molecular flexibility index (Phi) is 3.85. The summed E-state index contributed by atoms with van der Waals surface area (Å²) in [6, 6.07) is 8.25. The summed E-state index contributed by atoms with van der Waals surface area (Å²) in [7, 11) is -1.25. The molecule has 0 fully saturated rings. The predicted octanol–water partition coefficient (Wildman–Crippen LogP) is 3.24. The molecule has 4 heteroatoms. The molecule has 0 aliphatic heterocycles. The molecule has 1 aromatic heterocycles. The lowest BCUT2D eigenvalue weighted by molar-refractivity contribution is 0.595. The van der Waals surface area contributed by atoms with Gasteiger partial charge in [0.2, 0.25) is 0 Å². The SMILES string of the molecule is O=S(CCc1ccsc1)c1ccccc1F. The van der Waals surface area contributed by atoms with Gasteiger partial charge in [-0.05, 0) is 40.9 Å². The molecule has 0 amide bonds. The number of hydrogen-bond donors (Lipinski definition) is 0. The topological polar surface area (TPSA) is 17.1 Å². The summed E-state index contributed by atoms with van der Waals surface area (Å²) in [4.78, 5) is 0.303. The summed E-state index contributed by atoms with van der Waals surface area (Å²) in [6.45, 7) is 0. The quantitative estimate of drug-likeness (QED) is 0.818. The molecular weight excluding hydrogens is 243 g/mol. The van der Waals surface area contributed by atoms with Gasteiger partial charge in [0.05, 0.1) is 15.7 Å². The highest BCUT2D eigenvalue weighted by Crippen LogP contribution is 2.14. The van der Waals surface area contributed by atoms with E-state index < -0.39 is 10.8 Å². The second kappa shape index (κ2) is 5.37. The van der Waals surface area contributed by atoms with E-state index in [1.54, 1.807) is 29.5 Å². The fourth-order valence-electron chi connectivity index (χ4n) is 1.38. The molecule has 0 saturated carbocycles. The summed E-state index contributed by atoms with van der Waals surface area (Å²) >= 11 is 1.62. The van der Waals surface area contributed by atoms with Crippen LogP contribution in [0.3, 0.4) is 0 Å². The first-order valence-corrected chi connectivity index (χ1v) is 7.17. The van der Waals surface area contributed by atoms with Gasteiger partial charge in [0.15, 0.2) is 0 Å². The van der Waals surface area contributed by atoms with Crippen molar-refractivity contribution in [2.75, 3.05) is 5.75 Å². The molecule has 16 heavy (non-hydrogen) atoms. The Bertz CT molecular complexity index is 480. The van der Waals surface area contributed by atoms with Crippen molar-refractivity contribution >= 4 is 22.1 Å². The average molecular weight is 254 g/mol.